The molecule has 2 amide bonds. The van der Waals surface area contributed by atoms with E-state index < -0.39 is 34.3 Å². The molecule has 1 atom stereocenters. The Morgan fingerprint density at radius 3 is 2.00 bits per heavy atom. The highest BCUT2D eigenvalue weighted by molar-refractivity contribution is 7.92. The largest absolute Gasteiger partial charge is 0.355 e. The van der Waals surface area contributed by atoms with Crippen LogP contribution in [0.4, 0.5) is 10.1 Å². The third kappa shape index (κ3) is 7.14. The molecule has 190 valence electrons. The molecule has 1 N–H and O–H groups in total. The lowest BCUT2D eigenvalue weighted by Gasteiger charge is -2.33. The van der Waals surface area contributed by atoms with E-state index in [1.165, 1.54) is 23.1 Å². The Hall–Kier alpha value is -3.72. The number of carbonyl (C=O) groups excluding carboxylic acids is 2. The molecule has 0 aliphatic rings. The van der Waals surface area contributed by atoms with Crippen LogP contribution in [0.3, 0.4) is 0 Å². The summed E-state index contributed by atoms with van der Waals surface area (Å²) in [5.74, 6) is -1.75. The van der Waals surface area contributed by atoms with Crippen molar-refractivity contribution in [2.75, 3.05) is 23.7 Å². The highest BCUT2D eigenvalue weighted by Gasteiger charge is 2.33. The predicted molar refractivity (Wildman–Crippen MR) is 138 cm³/mol. The molecule has 0 aliphatic heterocycles. The van der Waals surface area contributed by atoms with E-state index in [0.717, 1.165) is 27.8 Å². The molecule has 0 radical (unpaired) electrons. The van der Waals surface area contributed by atoms with Gasteiger partial charge in [-0.3, -0.25) is 13.9 Å². The first-order valence-electron chi connectivity index (χ1n) is 11.6. The number of rotatable bonds is 11. The summed E-state index contributed by atoms with van der Waals surface area (Å²) in [5.41, 5.74) is 1.38. The molecule has 7 nitrogen and oxygen atoms in total. The van der Waals surface area contributed by atoms with Crippen molar-refractivity contribution in [3.05, 3.63) is 102 Å². The van der Waals surface area contributed by atoms with E-state index >= 15 is 0 Å². The maximum absolute atomic E-state index is 14.5. The van der Waals surface area contributed by atoms with Crippen molar-refractivity contribution < 1.29 is 22.4 Å². The SMILES string of the molecule is CCNC(=O)[C@H](Cc1ccccc1)N(Cc1ccccc1)C(=O)CN(c1ccccc1F)S(C)(=O)=O. The first-order valence-corrected chi connectivity index (χ1v) is 13.4. The average Bonchev–Trinajstić information content (AvgIpc) is 2.86. The standard InChI is InChI=1S/C27H30FN3O4S/c1-3-29-27(33)25(18-21-12-6-4-7-13-21)30(19-22-14-8-5-9-15-22)26(32)20-31(36(2,34)35)24-17-11-10-16-23(24)28/h4-17,25H,3,18-20H2,1-2H3,(H,29,33)/t25-/m0/s1. The van der Waals surface area contributed by atoms with Gasteiger partial charge in [-0.1, -0.05) is 72.8 Å². The molecule has 0 unspecified atom stereocenters. The maximum Gasteiger partial charge on any atom is 0.244 e. The van der Waals surface area contributed by atoms with Gasteiger partial charge in [0, 0.05) is 19.5 Å². The highest BCUT2D eigenvalue weighted by atomic mass is 32.2. The normalized spacial score (nSPS) is 12.0. The lowest BCUT2D eigenvalue weighted by atomic mass is 10.0. The zero-order valence-electron chi connectivity index (χ0n) is 20.3. The van der Waals surface area contributed by atoms with Crippen molar-refractivity contribution in [2.24, 2.45) is 0 Å². The van der Waals surface area contributed by atoms with E-state index in [4.69, 9.17) is 0 Å². The summed E-state index contributed by atoms with van der Waals surface area (Å²) < 4.78 is 40.5. The number of anilines is 1. The van der Waals surface area contributed by atoms with Crippen LogP contribution in [0.2, 0.25) is 0 Å². The van der Waals surface area contributed by atoms with Crippen LogP contribution in [0.15, 0.2) is 84.9 Å². The van der Waals surface area contributed by atoms with Gasteiger partial charge >= 0.3 is 0 Å². The third-order valence-electron chi connectivity index (χ3n) is 5.62. The second-order valence-electron chi connectivity index (χ2n) is 8.33. The Balaban J connectivity index is 2.03. The minimum Gasteiger partial charge on any atom is -0.355 e. The van der Waals surface area contributed by atoms with Crippen molar-refractivity contribution in [1.82, 2.24) is 10.2 Å². The molecule has 3 rings (SSSR count). The molecule has 0 fully saturated rings. The zero-order valence-corrected chi connectivity index (χ0v) is 21.1. The molecule has 0 saturated carbocycles. The van der Waals surface area contributed by atoms with Gasteiger partial charge in [-0.25, -0.2) is 12.8 Å². The highest BCUT2D eigenvalue weighted by Crippen LogP contribution is 2.23. The molecule has 0 heterocycles. The summed E-state index contributed by atoms with van der Waals surface area (Å²) in [6, 6.07) is 22.8. The first-order chi connectivity index (χ1) is 17.2. The van der Waals surface area contributed by atoms with Crippen LogP contribution in [0.25, 0.3) is 0 Å². The van der Waals surface area contributed by atoms with Crippen LogP contribution in [0.1, 0.15) is 18.1 Å². The van der Waals surface area contributed by atoms with Crippen LogP contribution < -0.4 is 9.62 Å². The number of benzene rings is 3. The summed E-state index contributed by atoms with van der Waals surface area (Å²) in [6.45, 7) is 1.56. The molecular weight excluding hydrogens is 481 g/mol. The van der Waals surface area contributed by atoms with E-state index in [1.807, 2.05) is 60.7 Å². The van der Waals surface area contributed by atoms with E-state index in [9.17, 15) is 22.4 Å². The Morgan fingerprint density at radius 1 is 0.889 bits per heavy atom. The second kappa shape index (κ2) is 12.3. The number of hydrogen-bond donors (Lipinski definition) is 1. The summed E-state index contributed by atoms with van der Waals surface area (Å²) in [6.07, 6.45) is 1.14. The van der Waals surface area contributed by atoms with E-state index in [-0.39, 0.29) is 24.6 Å². The van der Waals surface area contributed by atoms with Crippen LogP contribution in [0.5, 0.6) is 0 Å². The van der Waals surface area contributed by atoms with Crippen molar-refractivity contribution >= 4 is 27.5 Å². The number of nitrogens with one attached hydrogen (secondary N) is 1. The molecule has 0 aliphatic carbocycles. The summed E-state index contributed by atoms with van der Waals surface area (Å²) in [7, 11) is -4.01. The monoisotopic (exact) mass is 511 g/mol. The second-order valence-corrected chi connectivity index (χ2v) is 10.2. The van der Waals surface area contributed by atoms with Crippen LogP contribution in [-0.2, 0) is 32.6 Å². The summed E-state index contributed by atoms with van der Waals surface area (Å²) in [5, 5.41) is 2.79. The number of hydrogen-bond acceptors (Lipinski definition) is 4. The van der Waals surface area contributed by atoms with Crippen molar-refractivity contribution in [3.8, 4) is 0 Å². The Kier molecular flexibility index (Phi) is 9.19. The van der Waals surface area contributed by atoms with Gasteiger partial charge in [-0.05, 0) is 30.2 Å². The molecule has 3 aromatic rings. The molecule has 0 bridgehead atoms. The molecule has 0 aromatic heterocycles. The number of para-hydroxylation sites is 1. The summed E-state index contributed by atoms with van der Waals surface area (Å²) >= 11 is 0. The number of likely N-dealkylation sites (N-methyl/N-ethyl adjacent to an activating group) is 1. The van der Waals surface area contributed by atoms with Crippen molar-refractivity contribution in [2.45, 2.75) is 25.9 Å². The molecule has 0 saturated heterocycles. The minimum absolute atomic E-state index is 0.0726. The number of halogens is 1. The molecule has 3 aromatic carbocycles. The maximum atomic E-state index is 14.5. The van der Waals surface area contributed by atoms with Gasteiger partial charge in [0.15, 0.2) is 0 Å². The molecule has 0 spiro atoms. The van der Waals surface area contributed by atoms with Crippen molar-refractivity contribution in [3.63, 3.8) is 0 Å². The fourth-order valence-corrected chi connectivity index (χ4v) is 4.73. The Labute approximate surface area is 211 Å². The quantitative estimate of drug-likeness (QED) is 0.428. The fourth-order valence-electron chi connectivity index (χ4n) is 3.87. The van der Waals surface area contributed by atoms with Gasteiger partial charge in [0.2, 0.25) is 21.8 Å². The van der Waals surface area contributed by atoms with Gasteiger partial charge in [-0.2, -0.15) is 0 Å². The summed E-state index contributed by atoms with van der Waals surface area (Å²) in [4.78, 5) is 28.3. The Bertz CT molecular complexity index is 1270. The van der Waals surface area contributed by atoms with E-state index in [1.54, 1.807) is 6.92 Å². The van der Waals surface area contributed by atoms with Gasteiger partial charge in [0.1, 0.15) is 18.4 Å². The average molecular weight is 512 g/mol. The first kappa shape index (κ1) is 26.9. The van der Waals surface area contributed by atoms with Gasteiger partial charge < -0.3 is 10.2 Å². The number of nitrogens with zero attached hydrogens (tertiary/aromatic N) is 2. The van der Waals surface area contributed by atoms with Crippen LogP contribution in [0, 0.1) is 5.82 Å². The topological polar surface area (TPSA) is 86.8 Å². The van der Waals surface area contributed by atoms with Gasteiger partial charge in [0.25, 0.3) is 0 Å². The van der Waals surface area contributed by atoms with Crippen LogP contribution in [-0.4, -0.2) is 50.5 Å². The molecule has 9 heteroatoms. The minimum atomic E-state index is -4.01. The lowest BCUT2D eigenvalue weighted by molar-refractivity contribution is -0.140. The molecule has 36 heavy (non-hydrogen) atoms. The smallest absolute Gasteiger partial charge is 0.244 e. The fraction of sp³-hybridized carbons (Fsp3) is 0.259. The van der Waals surface area contributed by atoms with Crippen LogP contribution >= 0.6 is 0 Å². The zero-order chi connectivity index (χ0) is 26.1. The molecular formula is C27H30FN3O4S. The number of sulfonamides is 1. The lowest BCUT2D eigenvalue weighted by Crippen LogP contribution is -2.53. The van der Waals surface area contributed by atoms with E-state index in [2.05, 4.69) is 5.32 Å². The Morgan fingerprint density at radius 2 is 1.44 bits per heavy atom. The number of carbonyl (C=O) groups is 2. The predicted octanol–water partition coefficient (Wildman–Crippen LogP) is 3.37. The third-order valence-corrected chi connectivity index (χ3v) is 6.74. The van der Waals surface area contributed by atoms with E-state index in [0.29, 0.717) is 6.54 Å². The van der Waals surface area contributed by atoms with Gasteiger partial charge in [-0.15, -0.1) is 0 Å². The number of amides is 2. The van der Waals surface area contributed by atoms with Crippen molar-refractivity contribution in [1.29, 1.82) is 0 Å². The van der Waals surface area contributed by atoms with Gasteiger partial charge in [0.05, 0.1) is 11.9 Å².